The van der Waals surface area contributed by atoms with Crippen molar-refractivity contribution in [2.75, 3.05) is 59.0 Å². The van der Waals surface area contributed by atoms with E-state index in [1.165, 1.54) is 0 Å². The van der Waals surface area contributed by atoms with E-state index < -0.39 is 0 Å². The fraction of sp³-hybridized carbons (Fsp3) is 0.846. The van der Waals surface area contributed by atoms with E-state index in [1.54, 1.807) is 0 Å². The molecule has 2 aliphatic heterocycles. The van der Waals surface area contributed by atoms with Crippen molar-refractivity contribution >= 4 is 11.8 Å². The molecular weight excluding hydrogens is 260 g/mol. The normalized spacial score (nSPS) is 24.4. The highest BCUT2D eigenvalue weighted by atomic mass is 16.5. The first-order valence-corrected chi connectivity index (χ1v) is 7.31. The number of likely N-dealkylation sites (N-methyl/N-ethyl adjacent to an activating group) is 1. The molecule has 2 fully saturated rings. The van der Waals surface area contributed by atoms with Crippen LogP contribution >= 0.6 is 0 Å². The number of hydrogen-bond acceptors (Lipinski definition) is 5. The second-order valence-electron chi connectivity index (χ2n) is 5.12. The van der Waals surface area contributed by atoms with E-state index in [-0.39, 0.29) is 17.9 Å². The Bertz CT molecular complexity index is 337. The molecule has 0 aromatic heterocycles. The third kappa shape index (κ3) is 4.16. The molecule has 0 saturated carbocycles. The smallest absolute Gasteiger partial charge is 0.253 e. The number of carbonyl (C=O) groups is 2. The Morgan fingerprint density at radius 1 is 1.30 bits per heavy atom. The van der Waals surface area contributed by atoms with E-state index in [1.807, 2.05) is 11.8 Å². The van der Waals surface area contributed by atoms with Crippen LogP contribution in [-0.2, 0) is 14.3 Å². The molecule has 2 saturated heterocycles. The van der Waals surface area contributed by atoms with Crippen molar-refractivity contribution in [1.29, 1.82) is 0 Å². The summed E-state index contributed by atoms with van der Waals surface area (Å²) in [6.07, 6.45) is -0.348. The Kier molecular flexibility index (Phi) is 5.75. The number of ether oxygens (including phenoxy) is 1. The number of piperazine rings is 1. The standard InChI is InChI=1S/C13H24N4O3/c1-2-15-12(18)10-16-4-6-17(7-5-16)13(19)11-9-14-3-8-20-11/h11,14H,2-10H2,1H3,(H,15,18). The molecule has 20 heavy (non-hydrogen) atoms. The molecule has 2 heterocycles. The first-order chi connectivity index (χ1) is 9.70. The summed E-state index contributed by atoms with van der Waals surface area (Å²) in [6.45, 7) is 7.78. The molecule has 2 aliphatic rings. The fourth-order valence-electron chi connectivity index (χ4n) is 2.51. The minimum absolute atomic E-state index is 0.0482. The van der Waals surface area contributed by atoms with Gasteiger partial charge in [-0.3, -0.25) is 14.5 Å². The van der Waals surface area contributed by atoms with Crippen LogP contribution in [0.3, 0.4) is 0 Å². The van der Waals surface area contributed by atoms with Gasteiger partial charge >= 0.3 is 0 Å². The van der Waals surface area contributed by atoms with Crippen LogP contribution < -0.4 is 10.6 Å². The van der Waals surface area contributed by atoms with E-state index in [2.05, 4.69) is 15.5 Å². The Balaban J connectivity index is 1.73. The first kappa shape index (κ1) is 15.2. The highest BCUT2D eigenvalue weighted by molar-refractivity contribution is 5.81. The average Bonchev–Trinajstić information content (AvgIpc) is 2.48. The predicted molar refractivity (Wildman–Crippen MR) is 74.3 cm³/mol. The van der Waals surface area contributed by atoms with Crippen LogP contribution in [0, 0.1) is 0 Å². The zero-order valence-corrected chi connectivity index (χ0v) is 12.1. The van der Waals surface area contributed by atoms with Gasteiger partial charge in [0.15, 0.2) is 0 Å². The van der Waals surface area contributed by atoms with Gasteiger partial charge in [0.1, 0.15) is 6.10 Å². The molecule has 1 unspecified atom stereocenters. The molecule has 114 valence electrons. The van der Waals surface area contributed by atoms with Crippen LogP contribution in [0.1, 0.15) is 6.92 Å². The number of hydrogen-bond donors (Lipinski definition) is 2. The summed E-state index contributed by atoms with van der Waals surface area (Å²) in [6, 6.07) is 0. The van der Waals surface area contributed by atoms with Crippen molar-refractivity contribution in [3.05, 3.63) is 0 Å². The molecule has 0 radical (unpaired) electrons. The van der Waals surface area contributed by atoms with Crippen molar-refractivity contribution in [2.24, 2.45) is 0 Å². The lowest BCUT2D eigenvalue weighted by Gasteiger charge is -2.36. The van der Waals surface area contributed by atoms with Crippen LogP contribution in [0.15, 0.2) is 0 Å². The minimum Gasteiger partial charge on any atom is -0.366 e. The predicted octanol–water partition coefficient (Wildman–Crippen LogP) is -1.74. The van der Waals surface area contributed by atoms with Gasteiger partial charge in [-0.05, 0) is 6.92 Å². The highest BCUT2D eigenvalue weighted by Crippen LogP contribution is 2.07. The molecule has 7 nitrogen and oxygen atoms in total. The molecule has 2 rings (SSSR count). The molecular formula is C13H24N4O3. The molecule has 7 heteroatoms. The number of morpholine rings is 1. The van der Waals surface area contributed by atoms with Gasteiger partial charge in [-0.1, -0.05) is 0 Å². The molecule has 0 aromatic carbocycles. The number of nitrogens with one attached hydrogen (secondary N) is 2. The van der Waals surface area contributed by atoms with Gasteiger partial charge in [0.25, 0.3) is 5.91 Å². The largest absolute Gasteiger partial charge is 0.366 e. The maximum absolute atomic E-state index is 12.2. The van der Waals surface area contributed by atoms with E-state index in [9.17, 15) is 9.59 Å². The maximum Gasteiger partial charge on any atom is 0.253 e. The van der Waals surface area contributed by atoms with E-state index in [4.69, 9.17) is 4.74 Å². The topological polar surface area (TPSA) is 73.9 Å². The van der Waals surface area contributed by atoms with Crippen LogP contribution in [0.5, 0.6) is 0 Å². The number of rotatable bonds is 4. The van der Waals surface area contributed by atoms with E-state index >= 15 is 0 Å². The Morgan fingerprint density at radius 3 is 2.65 bits per heavy atom. The van der Waals surface area contributed by atoms with Crippen molar-refractivity contribution < 1.29 is 14.3 Å². The lowest BCUT2D eigenvalue weighted by Crippen LogP contribution is -2.56. The molecule has 0 spiro atoms. The minimum atomic E-state index is -0.348. The van der Waals surface area contributed by atoms with Crippen molar-refractivity contribution in [2.45, 2.75) is 13.0 Å². The van der Waals surface area contributed by atoms with Crippen LogP contribution in [0.25, 0.3) is 0 Å². The Hall–Kier alpha value is -1.18. The van der Waals surface area contributed by atoms with Crippen LogP contribution in [-0.4, -0.2) is 86.7 Å². The van der Waals surface area contributed by atoms with Gasteiger partial charge in [0, 0.05) is 45.8 Å². The summed E-state index contributed by atoms with van der Waals surface area (Å²) in [5, 5.41) is 5.96. The van der Waals surface area contributed by atoms with E-state index in [0.717, 1.165) is 19.6 Å². The van der Waals surface area contributed by atoms with Crippen LogP contribution in [0.2, 0.25) is 0 Å². The summed E-state index contributed by atoms with van der Waals surface area (Å²) in [5.74, 6) is 0.113. The summed E-state index contributed by atoms with van der Waals surface area (Å²) in [4.78, 5) is 27.7. The monoisotopic (exact) mass is 284 g/mol. The highest BCUT2D eigenvalue weighted by Gasteiger charge is 2.29. The van der Waals surface area contributed by atoms with Gasteiger partial charge in [-0.15, -0.1) is 0 Å². The molecule has 1 atom stereocenters. The number of amides is 2. The van der Waals surface area contributed by atoms with Gasteiger partial charge in [0.2, 0.25) is 5.91 Å². The van der Waals surface area contributed by atoms with Crippen LogP contribution in [0.4, 0.5) is 0 Å². The molecule has 2 amide bonds. The Morgan fingerprint density at radius 2 is 2.05 bits per heavy atom. The summed E-state index contributed by atoms with van der Waals surface area (Å²) in [7, 11) is 0. The maximum atomic E-state index is 12.2. The third-order valence-corrected chi connectivity index (χ3v) is 3.63. The van der Waals surface area contributed by atoms with Gasteiger partial charge in [0.05, 0.1) is 13.2 Å². The van der Waals surface area contributed by atoms with E-state index in [0.29, 0.717) is 39.3 Å². The average molecular weight is 284 g/mol. The number of nitrogens with zero attached hydrogens (tertiary/aromatic N) is 2. The lowest BCUT2D eigenvalue weighted by molar-refractivity contribution is -0.147. The summed E-state index contributed by atoms with van der Waals surface area (Å²) >= 11 is 0. The lowest BCUT2D eigenvalue weighted by atomic mass is 10.2. The third-order valence-electron chi connectivity index (χ3n) is 3.63. The summed E-state index contributed by atoms with van der Waals surface area (Å²) < 4.78 is 5.48. The van der Waals surface area contributed by atoms with Gasteiger partial charge in [-0.2, -0.15) is 0 Å². The molecule has 0 aromatic rings. The van der Waals surface area contributed by atoms with Gasteiger partial charge < -0.3 is 20.3 Å². The van der Waals surface area contributed by atoms with Crippen molar-refractivity contribution in [3.8, 4) is 0 Å². The van der Waals surface area contributed by atoms with Crippen molar-refractivity contribution in [3.63, 3.8) is 0 Å². The first-order valence-electron chi connectivity index (χ1n) is 7.31. The van der Waals surface area contributed by atoms with Gasteiger partial charge in [-0.25, -0.2) is 0 Å². The second kappa shape index (κ2) is 7.56. The zero-order chi connectivity index (χ0) is 14.4. The summed E-state index contributed by atoms with van der Waals surface area (Å²) in [5.41, 5.74) is 0. The molecule has 0 aliphatic carbocycles. The quantitative estimate of drug-likeness (QED) is 0.641. The molecule has 2 N–H and O–H groups in total. The number of carbonyl (C=O) groups excluding carboxylic acids is 2. The van der Waals surface area contributed by atoms with Crippen molar-refractivity contribution in [1.82, 2.24) is 20.4 Å². The fourth-order valence-corrected chi connectivity index (χ4v) is 2.51. The second-order valence-corrected chi connectivity index (χ2v) is 5.12. The SMILES string of the molecule is CCNC(=O)CN1CCN(C(=O)C2CNCCO2)CC1. The molecule has 0 bridgehead atoms. The Labute approximate surface area is 119 Å². The zero-order valence-electron chi connectivity index (χ0n) is 12.1.